The van der Waals surface area contributed by atoms with Crippen molar-refractivity contribution in [3.05, 3.63) is 71.8 Å². The Morgan fingerprint density at radius 3 is 2.19 bits per heavy atom. The number of aliphatic hydroxyl groups excluding tert-OH is 1. The van der Waals surface area contributed by atoms with Gasteiger partial charge < -0.3 is 10.0 Å². The van der Waals surface area contributed by atoms with E-state index in [-0.39, 0.29) is 18.4 Å². The van der Waals surface area contributed by atoms with E-state index in [9.17, 15) is 9.90 Å². The van der Waals surface area contributed by atoms with Crippen LogP contribution in [0.4, 0.5) is 0 Å². The lowest BCUT2D eigenvalue weighted by Crippen LogP contribution is -2.36. The molecule has 1 amide bonds. The van der Waals surface area contributed by atoms with Gasteiger partial charge in [-0.15, -0.1) is 0 Å². The van der Waals surface area contributed by atoms with E-state index < -0.39 is 0 Å². The molecular weight excluding hydrogens is 262 g/mol. The zero-order valence-electron chi connectivity index (χ0n) is 12.3. The molecule has 1 N–H and O–H groups in total. The van der Waals surface area contributed by atoms with Crippen LogP contribution in [0.25, 0.3) is 0 Å². The zero-order valence-corrected chi connectivity index (χ0v) is 12.3. The molecule has 0 radical (unpaired) electrons. The quantitative estimate of drug-likeness (QED) is 0.885. The molecule has 2 aromatic rings. The third-order valence-corrected chi connectivity index (χ3v) is 3.57. The van der Waals surface area contributed by atoms with Crippen LogP contribution in [0.5, 0.6) is 0 Å². The average Bonchev–Trinajstić information content (AvgIpc) is 2.55. The van der Waals surface area contributed by atoms with Crippen molar-refractivity contribution in [1.82, 2.24) is 4.90 Å². The van der Waals surface area contributed by atoms with Gasteiger partial charge in [0.2, 0.25) is 5.91 Å². The predicted octanol–water partition coefficient (Wildman–Crippen LogP) is 2.81. The van der Waals surface area contributed by atoms with Gasteiger partial charge in [-0.2, -0.15) is 0 Å². The standard InChI is InChI=1S/C18H21NO2/c1-15(17-10-6-3-7-11-17)18(21)19(12-13-20)14-16-8-4-2-5-9-16/h2-11,15,20H,12-14H2,1H3. The summed E-state index contributed by atoms with van der Waals surface area (Å²) in [6.45, 7) is 2.76. The van der Waals surface area contributed by atoms with Gasteiger partial charge in [-0.3, -0.25) is 4.79 Å². The average molecular weight is 283 g/mol. The summed E-state index contributed by atoms with van der Waals surface area (Å²) >= 11 is 0. The number of rotatable bonds is 6. The number of benzene rings is 2. The van der Waals surface area contributed by atoms with E-state index in [1.807, 2.05) is 67.6 Å². The van der Waals surface area contributed by atoms with Crippen molar-refractivity contribution in [3.8, 4) is 0 Å². The summed E-state index contributed by atoms with van der Waals surface area (Å²) in [4.78, 5) is 14.4. The molecule has 1 atom stereocenters. The van der Waals surface area contributed by atoms with Crippen LogP contribution in [-0.4, -0.2) is 29.1 Å². The highest BCUT2D eigenvalue weighted by Crippen LogP contribution is 2.19. The Hall–Kier alpha value is -2.13. The Bertz CT molecular complexity index is 554. The minimum absolute atomic E-state index is 0.0277. The first-order valence-corrected chi connectivity index (χ1v) is 7.21. The molecule has 0 aliphatic rings. The lowest BCUT2D eigenvalue weighted by Gasteiger charge is -2.25. The molecule has 21 heavy (non-hydrogen) atoms. The van der Waals surface area contributed by atoms with Gasteiger partial charge in [0.25, 0.3) is 0 Å². The second-order valence-corrected chi connectivity index (χ2v) is 5.10. The van der Waals surface area contributed by atoms with E-state index in [4.69, 9.17) is 0 Å². The lowest BCUT2D eigenvalue weighted by molar-refractivity contribution is -0.133. The fourth-order valence-corrected chi connectivity index (χ4v) is 2.35. The molecule has 0 bridgehead atoms. The van der Waals surface area contributed by atoms with Crippen molar-refractivity contribution in [2.24, 2.45) is 0 Å². The Morgan fingerprint density at radius 1 is 1.05 bits per heavy atom. The molecule has 0 fully saturated rings. The maximum Gasteiger partial charge on any atom is 0.230 e. The van der Waals surface area contributed by atoms with Crippen LogP contribution >= 0.6 is 0 Å². The molecule has 0 aliphatic heterocycles. The smallest absolute Gasteiger partial charge is 0.230 e. The summed E-state index contributed by atoms with van der Waals surface area (Å²) < 4.78 is 0. The van der Waals surface area contributed by atoms with Crippen molar-refractivity contribution in [3.63, 3.8) is 0 Å². The Balaban J connectivity index is 2.12. The molecule has 3 heteroatoms. The Labute approximate surface area is 125 Å². The molecule has 2 aromatic carbocycles. The van der Waals surface area contributed by atoms with Crippen molar-refractivity contribution >= 4 is 5.91 Å². The van der Waals surface area contributed by atoms with Gasteiger partial charge in [0.15, 0.2) is 0 Å². The summed E-state index contributed by atoms with van der Waals surface area (Å²) in [7, 11) is 0. The number of nitrogens with zero attached hydrogens (tertiary/aromatic N) is 1. The Morgan fingerprint density at radius 2 is 1.62 bits per heavy atom. The molecule has 1 unspecified atom stereocenters. The van der Waals surface area contributed by atoms with Crippen molar-refractivity contribution in [1.29, 1.82) is 0 Å². The first-order valence-electron chi connectivity index (χ1n) is 7.21. The normalized spacial score (nSPS) is 11.9. The number of aliphatic hydroxyl groups is 1. The van der Waals surface area contributed by atoms with Crippen LogP contribution in [0.15, 0.2) is 60.7 Å². The first-order chi connectivity index (χ1) is 10.2. The summed E-state index contributed by atoms with van der Waals surface area (Å²) in [6.07, 6.45) is 0. The van der Waals surface area contributed by atoms with E-state index in [0.29, 0.717) is 13.1 Å². The molecule has 0 saturated heterocycles. The molecule has 0 heterocycles. The van der Waals surface area contributed by atoms with Crippen LogP contribution < -0.4 is 0 Å². The number of hydrogen-bond donors (Lipinski definition) is 1. The largest absolute Gasteiger partial charge is 0.395 e. The second kappa shape index (κ2) is 7.60. The fourth-order valence-electron chi connectivity index (χ4n) is 2.35. The van der Waals surface area contributed by atoms with Gasteiger partial charge in [0.1, 0.15) is 0 Å². The fraction of sp³-hybridized carbons (Fsp3) is 0.278. The third kappa shape index (κ3) is 4.17. The third-order valence-electron chi connectivity index (χ3n) is 3.57. The van der Waals surface area contributed by atoms with E-state index >= 15 is 0 Å². The summed E-state index contributed by atoms with van der Waals surface area (Å²) in [6, 6.07) is 19.6. The molecule has 0 spiro atoms. The molecule has 110 valence electrons. The van der Waals surface area contributed by atoms with Gasteiger partial charge in [-0.1, -0.05) is 60.7 Å². The highest BCUT2D eigenvalue weighted by Gasteiger charge is 2.21. The molecule has 3 nitrogen and oxygen atoms in total. The van der Waals surface area contributed by atoms with Crippen molar-refractivity contribution < 1.29 is 9.90 Å². The minimum atomic E-state index is -0.207. The van der Waals surface area contributed by atoms with Crippen LogP contribution in [0.1, 0.15) is 24.0 Å². The lowest BCUT2D eigenvalue weighted by atomic mass is 9.99. The molecule has 0 aliphatic carbocycles. The zero-order chi connectivity index (χ0) is 15.1. The summed E-state index contributed by atoms with van der Waals surface area (Å²) in [5.74, 6) is -0.166. The highest BCUT2D eigenvalue weighted by atomic mass is 16.3. The SMILES string of the molecule is CC(C(=O)N(CCO)Cc1ccccc1)c1ccccc1. The topological polar surface area (TPSA) is 40.5 Å². The number of carbonyl (C=O) groups excluding carboxylic acids is 1. The van der Waals surface area contributed by atoms with Crippen LogP contribution in [0.3, 0.4) is 0 Å². The molecule has 0 saturated carbocycles. The molecule has 2 rings (SSSR count). The number of carbonyl (C=O) groups is 1. The maximum absolute atomic E-state index is 12.7. The monoisotopic (exact) mass is 283 g/mol. The Kier molecular flexibility index (Phi) is 5.52. The van der Waals surface area contributed by atoms with Gasteiger partial charge in [0, 0.05) is 13.1 Å². The van der Waals surface area contributed by atoms with E-state index in [1.54, 1.807) is 4.90 Å². The van der Waals surface area contributed by atoms with Crippen LogP contribution in [-0.2, 0) is 11.3 Å². The van der Waals surface area contributed by atoms with Gasteiger partial charge in [-0.05, 0) is 18.1 Å². The van der Waals surface area contributed by atoms with Gasteiger partial charge in [-0.25, -0.2) is 0 Å². The van der Waals surface area contributed by atoms with Gasteiger partial charge in [0.05, 0.1) is 12.5 Å². The van der Waals surface area contributed by atoms with E-state index in [2.05, 4.69) is 0 Å². The summed E-state index contributed by atoms with van der Waals surface area (Å²) in [5, 5.41) is 9.22. The maximum atomic E-state index is 12.7. The predicted molar refractivity (Wildman–Crippen MR) is 83.8 cm³/mol. The van der Waals surface area contributed by atoms with E-state index in [0.717, 1.165) is 11.1 Å². The molecule has 0 aromatic heterocycles. The van der Waals surface area contributed by atoms with Crippen LogP contribution in [0.2, 0.25) is 0 Å². The van der Waals surface area contributed by atoms with Crippen molar-refractivity contribution in [2.75, 3.05) is 13.2 Å². The summed E-state index contributed by atoms with van der Waals surface area (Å²) in [5.41, 5.74) is 2.07. The number of hydrogen-bond acceptors (Lipinski definition) is 2. The van der Waals surface area contributed by atoms with Gasteiger partial charge >= 0.3 is 0 Å². The first kappa shape index (κ1) is 15.3. The van der Waals surface area contributed by atoms with Crippen LogP contribution in [0, 0.1) is 0 Å². The van der Waals surface area contributed by atoms with Crippen molar-refractivity contribution in [2.45, 2.75) is 19.4 Å². The van der Waals surface area contributed by atoms with E-state index in [1.165, 1.54) is 0 Å². The molecular formula is C18H21NO2. The number of amides is 1. The second-order valence-electron chi connectivity index (χ2n) is 5.10. The highest BCUT2D eigenvalue weighted by molar-refractivity contribution is 5.83. The minimum Gasteiger partial charge on any atom is -0.395 e.